The lowest BCUT2D eigenvalue weighted by atomic mass is 10.0. The predicted octanol–water partition coefficient (Wildman–Crippen LogP) is 5.73. The topological polar surface area (TPSA) is 136 Å². The molecule has 1 aliphatic heterocycles. The van der Waals surface area contributed by atoms with E-state index in [2.05, 4.69) is 25.3 Å². The van der Waals surface area contributed by atoms with Crippen LogP contribution in [-0.2, 0) is 9.53 Å². The molecule has 0 saturated carbocycles. The van der Waals surface area contributed by atoms with E-state index in [1.54, 1.807) is 23.2 Å². The summed E-state index contributed by atoms with van der Waals surface area (Å²) in [5.74, 6) is 0.514. The van der Waals surface area contributed by atoms with Crippen LogP contribution in [0.2, 0.25) is 0 Å². The average molecular weight is 488 g/mol. The fourth-order valence-electron chi connectivity index (χ4n) is 4.46. The van der Waals surface area contributed by atoms with Gasteiger partial charge in [0, 0.05) is 17.1 Å². The summed E-state index contributed by atoms with van der Waals surface area (Å²) in [7, 11) is 1.29. The third-order valence-corrected chi connectivity index (χ3v) is 6.40. The molecular weight excluding hydrogens is 458 g/mol. The Bertz CT molecular complexity index is 1260. The molecule has 2 atom stereocenters. The zero-order valence-electron chi connectivity index (χ0n) is 20.5. The van der Waals surface area contributed by atoms with Gasteiger partial charge < -0.3 is 19.9 Å². The minimum absolute atomic E-state index is 0.0844. The fraction of sp³-hybridized carbons (Fsp3) is 0.346. The van der Waals surface area contributed by atoms with Crippen molar-refractivity contribution in [2.45, 2.75) is 38.8 Å². The maximum Gasteiger partial charge on any atom is 0.407 e. The highest BCUT2D eigenvalue weighted by Gasteiger charge is 2.37. The number of benzene rings is 2. The molecule has 2 N–H and O–H groups in total. The first kappa shape index (κ1) is 24.8. The Morgan fingerprint density at radius 2 is 1.78 bits per heavy atom. The van der Waals surface area contributed by atoms with Crippen LogP contribution in [0.25, 0.3) is 32.8 Å². The van der Waals surface area contributed by atoms with Crippen LogP contribution in [-0.4, -0.2) is 46.6 Å². The molecule has 0 radical (unpaired) electrons. The predicted molar refractivity (Wildman–Crippen MR) is 136 cm³/mol. The van der Waals surface area contributed by atoms with E-state index in [0.29, 0.717) is 12.2 Å². The van der Waals surface area contributed by atoms with E-state index in [9.17, 15) is 9.59 Å². The summed E-state index contributed by atoms with van der Waals surface area (Å²) in [5.41, 5.74) is 13.0. The largest absolute Gasteiger partial charge is 0.453 e. The van der Waals surface area contributed by atoms with Crippen molar-refractivity contribution in [2.75, 3.05) is 13.7 Å². The third kappa shape index (κ3) is 5.34. The number of nitrogens with one attached hydrogen (secondary N) is 2. The van der Waals surface area contributed by atoms with Gasteiger partial charge in [0.2, 0.25) is 5.91 Å². The molecule has 1 saturated heterocycles. The lowest BCUT2D eigenvalue weighted by Gasteiger charge is -2.30. The first-order chi connectivity index (χ1) is 17.4. The minimum Gasteiger partial charge on any atom is -0.453 e. The standard InChI is InChI=1S/C26H29N7O3/c1-16(2)23(30-26(35)36-3)25(34)33-14-4-5-22(33)24-28-15-21(29-24)19-8-6-17(7-9-19)18-10-12-20(13-11-18)31-32-27/h6-13,15-16,22-23H,4-5,14H2,1-3H3,(H,28,29)(H,30,35)/t22-,23-/m0/s1. The highest BCUT2D eigenvalue weighted by Crippen LogP contribution is 2.33. The molecule has 2 aromatic carbocycles. The van der Waals surface area contributed by atoms with Gasteiger partial charge in [-0.05, 0) is 41.0 Å². The van der Waals surface area contributed by atoms with Gasteiger partial charge in [-0.1, -0.05) is 67.5 Å². The number of amides is 2. The molecular formula is C26H29N7O3. The van der Waals surface area contributed by atoms with Crippen LogP contribution in [0.5, 0.6) is 0 Å². The summed E-state index contributed by atoms with van der Waals surface area (Å²) in [6, 6.07) is 14.6. The number of ether oxygens (including phenoxy) is 1. The number of carbonyl (C=O) groups excluding carboxylic acids is 2. The van der Waals surface area contributed by atoms with Crippen molar-refractivity contribution < 1.29 is 14.3 Å². The first-order valence-corrected chi connectivity index (χ1v) is 11.9. The van der Waals surface area contributed by atoms with E-state index < -0.39 is 12.1 Å². The van der Waals surface area contributed by atoms with Gasteiger partial charge in [0.05, 0.1) is 25.0 Å². The maximum atomic E-state index is 13.3. The van der Waals surface area contributed by atoms with E-state index >= 15 is 0 Å². The van der Waals surface area contributed by atoms with Gasteiger partial charge in [0.25, 0.3) is 0 Å². The Morgan fingerprint density at radius 1 is 1.14 bits per heavy atom. The number of H-pyrrole nitrogens is 1. The van der Waals surface area contributed by atoms with Crippen LogP contribution in [0, 0.1) is 5.92 Å². The lowest BCUT2D eigenvalue weighted by molar-refractivity contribution is -0.135. The fourth-order valence-corrected chi connectivity index (χ4v) is 4.46. The van der Waals surface area contributed by atoms with Crippen molar-refractivity contribution >= 4 is 17.7 Å². The molecule has 10 heteroatoms. The van der Waals surface area contributed by atoms with Crippen molar-refractivity contribution in [1.82, 2.24) is 20.2 Å². The molecule has 0 bridgehead atoms. The zero-order chi connectivity index (χ0) is 25.7. The summed E-state index contributed by atoms with van der Waals surface area (Å²) in [5, 5.41) is 6.27. The molecule has 2 amide bonds. The monoisotopic (exact) mass is 487 g/mol. The molecule has 0 spiro atoms. The Balaban J connectivity index is 1.50. The molecule has 10 nitrogen and oxygen atoms in total. The number of alkyl carbamates (subject to hydrolysis) is 1. The quantitative estimate of drug-likeness (QED) is 0.250. The Hall–Kier alpha value is -4.30. The van der Waals surface area contributed by atoms with Crippen molar-refractivity contribution in [2.24, 2.45) is 11.0 Å². The molecule has 4 rings (SSSR count). The number of hydrogen-bond donors (Lipinski definition) is 2. The highest BCUT2D eigenvalue weighted by molar-refractivity contribution is 5.86. The molecule has 1 aliphatic rings. The Labute approximate surface area is 209 Å². The number of aromatic amines is 1. The van der Waals surface area contributed by atoms with Crippen molar-refractivity contribution in [3.8, 4) is 22.4 Å². The second-order valence-electron chi connectivity index (χ2n) is 9.04. The van der Waals surface area contributed by atoms with Crippen LogP contribution in [0.3, 0.4) is 0 Å². The number of rotatable bonds is 7. The summed E-state index contributed by atoms with van der Waals surface area (Å²) >= 11 is 0. The number of imidazole rings is 1. The second-order valence-corrected chi connectivity index (χ2v) is 9.04. The molecule has 36 heavy (non-hydrogen) atoms. The van der Waals surface area contributed by atoms with Crippen molar-refractivity contribution in [3.63, 3.8) is 0 Å². The van der Waals surface area contributed by atoms with E-state index in [4.69, 9.17) is 10.3 Å². The van der Waals surface area contributed by atoms with E-state index in [0.717, 1.165) is 41.1 Å². The first-order valence-electron chi connectivity index (χ1n) is 11.9. The van der Waals surface area contributed by atoms with Crippen LogP contribution in [0.15, 0.2) is 59.8 Å². The summed E-state index contributed by atoms with van der Waals surface area (Å²) in [4.78, 5) is 37.7. The van der Waals surface area contributed by atoms with E-state index in [1.165, 1.54) is 7.11 Å². The Morgan fingerprint density at radius 3 is 2.39 bits per heavy atom. The van der Waals surface area contributed by atoms with Gasteiger partial charge in [0.15, 0.2) is 0 Å². The van der Waals surface area contributed by atoms with Gasteiger partial charge in [-0.25, -0.2) is 9.78 Å². The smallest absolute Gasteiger partial charge is 0.407 e. The molecule has 0 aliphatic carbocycles. The van der Waals surface area contributed by atoms with E-state index in [-0.39, 0.29) is 17.9 Å². The number of nitrogens with zero attached hydrogens (tertiary/aromatic N) is 5. The highest BCUT2D eigenvalue weighted by atomic mass is 16.5. The number of hydrogen-bond acceptors (Lipinski definition) is 5. The molecule has 1 aromatic heterocycles. The third-order valence-electron chi connectivity index (χ3n) is 6.40. The van der Waals surface area contributed by atoms with Crippen LogP contribution in [0.4, 0.5) is 10.5 Å². The SMILES string of the molecule is COC(=O)N[C@H](C(=O)N1CCC[C@H]1c1ncc(-c2ccc(-c3ccc(N=[N+]=[N-])cc3)cc2)[nH]1)C(C)C. The molecule has 0 unspecified atom stereocenters. The van der Waals surface area contributed by atoms with Gasteiger partial charge in [0.1, 0.15) is 11.9 Å². The molecule has 1 fully saturated rings. The normalized spacial score (nSPS) is 15.9. The van der Waals surface area contributed by atoms with Crippen molar-refractivity contribution in [3.05, 3.63) is 71.0 Å². The number of azide groups is 1. The summed E-state index contributed by atoms with van der Waals surface area (Å²) < 4.78 is 4.70. The molecule has 2 heterocycles. The number of carbonyl (C=O) groups is 2. The van der Waals surface area contributed by atoms with Crippen molar-refractivity contribution in [1.29, 1.82) is 0 Å². The summed E-state index contributed by atoms with van der Waals surface area (Å²) in [6.45, 7) is 4.40. The van der Waals surface area contributed by atoms with Crippen LogP contribution < -0.4 is 5.32 Å². The van der Waals surface area contributed by atoms with Crippen LogP contribution >= 0.6 is 0 Å². The lowest BCUT2D eigenvalue weighted by Crippen LogP contribution is -2.51. The number of likely N-dealkylation sites (tertiary alicyclic amines) is 1. The van der Waals surface area contributed by atoms with E-state index in [1.807, 2.05) is 50.2 Å². The van der Waals surface area contributed by atoms with Gasteiger partial charge in [-0.15, -0.1) is 0 Å². The Kier molecular flexibility index (Phi) is 7.56. The van der Waals surface area contributed by atoms with Crippen LogP contribution in [0.1, 0.15) is 38.6 Å². The molecule has 3 aromatic rings. The molecule has 186 valence electrons. The van der Waals surface area contributed by atoms with Gasteiger partial charge >= 0.3 is 6.09 Å². The number of methoxy groups -OCH3 is 1. The van der Waals surface area contributed by atoms with Gasteiger partial charge in [-0.2, -0.15) is 0 Å². The number of aromatic nitrogens is 2. The zero-order valence-corrected chi connectivity index (χ0v) is 20.5. The van der Waals surface area contributed by atoms with Gasteiger partial charge in [-0.3, -0.25) is 4.79 Å². The minimum atomic E-state index is -0.666. The second kappa shape index (κ2) is 11.0. The maximum absolute atomic E-state index is 13.3. The average Bonchev–Trinajstić information content (AvgIpc) is 3.57. The summed E-state index contributed by atoms with van der Waals surface area (Å²) in [6.07, 6.45) is 2.83.